The first-order chi connectivity index (χ1) is 6.62. The van der Waals surface area contributed by atoms with Crippen LogP contribution in [0.15, 0.2) is 0 Å². The van der Waals surface area contributed by atoms with Crippen LogP contribution in [0.25, 0.3) is 0 Å². The minimum Gasteiger partial charge on any atom is -0.299 e. The Morgan fingerprint density at radius 1 is 1.27 bits per heavy atom. The Kier molecular flexibility index (Phi) is 3.74. The summed E-state index contributed by atoms with van der Waals surface area (Å²) >= 11 is 0. The molecule has 0 aromatic carbocycles. The monoisotopic (exact) mass is 215 g/mol. The second kappa shape index (κ2) is 4.08. The van der Waals surface area contributed by atoms with E-state index in [0.29, 0.717) is 0 Å². The zero-order valence-electron chi connectivity index (χ0n) is 9.79. The molecule has 0 amide bonds. The number of carbonyl (C=O) groups is 2. The molecular weight excluding hydrogens is 198 g/mol. The Hall–Kier alpha value is -1.26. The van der Waals surface area contributed by atoms with Crippen molar-refractivity contribution in [2.45, 2.75) is 46.6 Å². The first-order valence-electron chi connectivity index (χ1n) is 4.81. The van der Waals surface area contributed by atoms with E-state index in [0.717, 1.165) is 0 Å². The zero-order valence-corrected chi connectivity index (χ0v) is 9.79. The summed E-state index contributed by atoms with van der Waals surface area (Å²) in [7, 11) is 0. The Morgan fingerprint density at radius 2 is 1.67 bits per heavy atom. The smallest absolute Gasteiger partial charge is 0.235 e. The fourth-order valence-electron chi connectivity index (χ4n) is 1.50. The van der Waals surface area contributed by atoms with Crippen molar-refractivity contribution in [3.05, 3.63) is 10.1 Å². The molecule has 0 aromatic heterocycles. The highest BCUT2D eigenvalue weighted by atomic mass is 16.6. The number of Topliss-reactive ketones (excluding diaryl/α,β-unsaturated/α-hetero) is 2. The van der Waals surface area contributed by atoms with E-state index in [1.807, 2.05) is 0 Å². The average Bonchev–Trinajstić information content (AvgIpc) is 2.14. The van der Waals surface area contributed by atoms with Crippen LogP contribution in [0.2, 0.25) is 0 Å². The number of hydrogen-bond donors (Lipinski definition) is 0. The minimum atomic E-state index is -1.58. The lowest BCUT2D eigenvalue weighted by Crippen LogP contribution is -2.56. The lowest BCUT2D eigenvalue weighted by molar-refractivity contribution is -0.573. The summed E-state index contributed by atoms with van der Waals surface area (Å²) in [6.07, 6.45) is 0.118. The third kappa shape index (κ3) is 1.91. The van der Waals surface area contributed by atoms with Crippen molar-refractivity contribution in [1.82, 2.24) is 0 Å². The van der Waals surface area contributed by atoms with Crippen molar-refractivity contribution in [1.29, 1.82) is 0 Å². The Bertz CT molecular complexity index is 309. The highest BCUT2D eigenvalue weighted by Gasteiger charge is 2.58. The molecule has 0 N–H and O–H groups in total. The lowest BCUT2D eigenvalue weighted by Gasteiger charge is -2.33. The van der Waals surface area contributed by atoms with Crippen LogP contribution >= 0.6 is 0 Å². The second-order valence-corrected chi connectivity index (χ2v) is 4.27. The standard InChI is InChI=1S/C10H17NO4/c1-6-8(13)10(5,7(2)12)9(3,4)11(14)15/h6H2,1-5H3. The summed E-state index contributed by atoms with van der Waals surface area (Å²) in [5.41, 5.74) is -3.13. The van der Waals surface area contributed by atoms with Crippen molar-refractivity contribution in [2.24, 2.45) is 5.41 Å². The molecule has 0 heterocycles. The van der Waals surface area contributed by atoms with Gasteiger partial charge in [0.05, 0.1) is 0 Å². The lowest BCUT2D eigenvalue weighted by atomic mass is 9.67. The SMILES string of the molecule is CCC(=O)C(C)(C(C)=O)C(C)(C)[N+](=O)[O-]. The van der Waals surface area contributed by atoms with Crippen molar-refractivity contribution < 1.29 is 14.5 Å². The maximum absolute atomic E-state index is 11.7. The van der Waals surface area contributed by atoms with Gasteiger partial charge in [0.25, 0.3) is 0 Å². The Labute approximate surface area is 89.0 Å². The zero-order chi connectivity index (χ0) is 12.4. The van der Waals surface area contributed by atoms with Crippen molar-refractivity contribution in [3.8, 4) is 0 Å². The molecule has 0 aliphatic heterocycles. The van der Waals surface area contributed by atoms with E-state index in [9.17, 15) is 19.7 Å². The van der Waals surface area contributed by atoms with Crippen LogP contribution < -0.4 is 0 Å². The van der Waals surface area contributed by atoms with Gasteiger partial charge in [-0.25, -0.2) is 0 Å². The summed E-state index contributed by atoms with van der Waals surface area (Å²) in [6, 6.07) is 0. The van der Waals surface area contributed by atoms with Crippen LogP contribution in [0.3, 0.4) is 0 Å². The van der Waals surface area contributed by atoms with Crippen molar-refractivity contribution in [2.75, 3.05) is 0 Å². The molecule has 1 unspecified atom stereocenters. The van der Waals surface area contributed by atoms with E-state index >= 15 is 0 Å². The summed E-state index contributed by atoms with van der Waals surface area (Å²) in [6.45, 7) is 6.78. The third-order valence-electron chi connectivity index (χ3n) is 3.26. The van der Waals surface area contributed by atoms with E-state index in [2.05, 4.69) is 0 Å². The summed E-state index contributed by atoms with van der Waals surface area (Å²) in [5, 5.41) is 10.9. The van der Waals surface area contributed by atoms with Gasteiger partial charge in [-0.3, -0.25) is 19.7 Å². The van der Waals surface area contributed by atoms with Crippen LogP contribution in [0.5, 0.6) is 0 Å². The maximum atomic E-state index is 11.7. The first-order valence-corrected chi connectivity index (χ1v) is 4.81. The Balaban J connectivity index is 5.60. The van der Waals surface area contributed by atoms with Gasteiger partial charge in [0, 0.05) is 25.2 Å². The predicted octanol–water partition coefficient (Wildman–Crippen LogP) is 1.62. The van der Waals surface area contributed by atoms with Crippen LogP contribution in [0.4, 0.5) is 0 Å². The average molecular weight is 215 g/mol. The predicted molar refractivity (Wildman–Crippen MR) is 55.2 cm³/mol. The normalized spacial score (nSPS) is 15.5. The summed E-state index contributed by atoms with van der Waals surface area (Å²) in [4.78, 5) is 33.5. The highest BCUT2D eigenvalue weighted by Crippen LogP contribution is 2.36. The number of nitrogens with zero attached hydrogens (tertiary/aromatic N) is 1. The van der Waals surface area contributed by atoms with Gasteiger partial charge in [0.2, 0.25) is 5.54 Å². The molecule has 0 spiro atoms. The molecule has 0 bridgehead atoms. The van der Waals surface area contributed by atoms with Gasteiger partial charge in [0.15, 0.2) is 11.2 Å². The molecule has 0 rings (SSSR count). The van der Waals surface area contributed by atoms with Gasteiger partial charge in [0.1, 0.15) is 5.78 Å². The summed E-state index contributed by atoms with van der Waals surface area (Å²) in [5.74, 6) is -0.854. The van der Waals surface area contributed by atoms with E-state index < -0.39 is 27.4 Å². The number of rotatable bonds is 5. The van der Waals surface area contributed by atoms with Gasteiger partial charge in [-0.05, 0) is 13.8 Å². The van der Waals surface area contributed by atoms with E-state index in [-0.39, 0.29) is 6.42 Å². The van der Waals surface area contributed by atoms with E-state index in [4.69, 9.17) is 0 Å². The minimum absolute atomic E-state index is 0.118. The van der Waals surface area contributed by atoms with Gasteiger partial charge >= 0.3 is 0 Å². The molecule has 0 aliphatic carbocycles. The molecule has 0 saturated heterocycles. The van der Waals surface area contributed by atoms with Gasteiger partial charge in [-0.1, -0.05) is 6.92 Å². The largest absolute Gasteiger partial charge is 0.299 e. The molecule has 15 heavy (non-hydrogen) atoms. The number of hydrogen-bond acceptors (Lipinski definition) is 4. The molecular formula is C10H17NO4. The van der Waals surface area contributed by atoms with Crippen LogP contribution in [-0.4, -0.2) is 22.0 Å². The van der Waals surface area contributed by atoms with Gasteiger partial charge in [-0.15, -0.1) is 0 Å². The van der Waals surface area contributed by atoms with Gasteiger partial charge < -0.3 is 0 Å². The van der Waals surface area contributed by atoms with Crippen molar-refractivity contribution >= 4 is 11.6 Å². The number of carbonyl (C=O) groups excluding carboxylic acids is 2. The fraction of sp³-hybridized carbons (Fsp3) is 0.800. The third-order valence-corrected chi connectivity index (χ3v) is 3.26. The summed E-state index contributed by atoms with van der Waals surface area (Å²) < 4.78 is 0. The molecule has 5 nitrogen and oxygen atoms in total. The molecule has 1 atom stereocenters. The number of nitro groups is 1. The molecule has 5 heteroatoms. The van der Waals surface area contributed by atoms with Crippen LogP contribution in [-0.2, 0) is 9.59 Å². The van der Waals surface area contributed by atoms with E-state index in [1.54, 1.807) is 6.92 Å². The Morgan fingerprint density at radius 3 is 1.87 bits per heavy atom. The molecule has 86 valence electrons. The molecule has 0 aromatic rings. The van der Waals surface area contributed by atoms with Crippen LogP contribution in [0.1, 0.15) is 41.0 Å². The topological polar surface area (TPSA) is 77.3 Å². The molecule has 0 aliphatic rings. The van der Waals surface area contributed by atoms with Gasteiger partial charge in [-0.2, -0.15) is 0 Å². The number of ketones is 2. The maximum Gasteiger partial charge on any atom is 0.235 e. The highest BCUT2D eigenvalue weighted by molar-refractivity contribution is 6.06. The molecule has 0 radical (unpaired) electrons. The van der Waals surface area contributed by atoms with Crippen LogP contribution in [0, 0.1) is 15.5 Å². The van der Waals surface area contributed by atoms with Crippen molar-refractivity contribution in [3.63, 3.8) is 0 Å². The molecule has 0 fully saturated rings. The first kappa shape index (κ1) is 13.7. The second-order valence-electron chi connectivity index (χ2n) is 4.27. The van der Waals surface area contributed by atoms with E-state index in [1.165, 1.54) is 27.7 Å². The quantitative estimate of drug-likeness (QED) is 0.396. The molecule has 0 saturated carbocycles. The fourth-order valence-corrected chi connectivity index (χ4v) is 1.50.